The van der Waals surface area contributed by atoms with Crippen molar-refractivity contribution in [3.63, 3.8) is 0 Å². The number of amides is 1. The van der Waals surface area contributed by atoms with Gasteiger partial charge in [0.15, 0.2) is 11.5 Å². The van der Waals surface area contributed by atoms with E-state index in [0.29, 0.717) is 24.3 Å². The van der Waals surface area contributed by atoms with Gasteiger partial charge in [-0.3, -0.25) is 4.79 Å². The summed E-state index contributed by atoms with van der Waals surface area (Å²) in [6.45, 7) is 0.596. The third kappa shape index (κ3) is 2.50. The molecule has 1 unspecified atom stereocenters. The zero-order valence-corrected chi connectivity index (χ0v) is 14.8. The van der Waals surface area contributed by atoms with Crippen LogP contribution in [0.5, 0.6) is 0 Å². The SMILES string of the molecule is Nc1nccnc1C(=O)NCC1CC2c3ccccc3C1c1ccccc12. The molecule has 0 spiro atoms. The fourth-order valence-electron chi connectivity index (χ4n) is 4.79. The number of carbonyl (C=O) groups excluding carboxylic acids is 1. The number of fused-ring (bicyclic) bond motifs is 1. The van der Waals surface area contributed by atoms with Gasteiger partial charge in [-0.25, -0.2) is 9.97 Å². The molecular weight excluding hydrogens is 336 g/mol. The fourth-order valence-corrected chi connectivity index (χ4v) is 4.79. The van der Waals surface area contributed by atoms with Gasteiger partial charge < -0.3 is 11.1 Å². The number of anilines is 1. The Bertz CT molecular complexity index is 985. The number of aromatic nitrogens is 2. The molecule has 2 bridgehead atoms. The van der Waals surface area contributed by atoms with Crippen LogP contribution in [-0.2, 0) is 0 Å². The van der Waals surface area contributed by atoms with E-state index in [-0.39, 0.29) is 17.4 Å². The minimum Gasteiger partial charge on any atom is -0.382 e. The molecule has 0 saturated heterocycles. The normalized spacial score (nSPS) is 22.0. The number of nitrogen functional groups attached to an aromatic ring is 1. The Morgan fingerprint density at radius 1 is 0.963 bits per heavy atom. The molecule has 3 aromatic rings. The number of hydrogen-bond donors (Lipinski definition) is 2. The Morgan fingerprint density at radius 2 is 1.56 bits per heavy atom. The van der Waals surface area contributed by atoms with Crippen molar-refractivity contribution in [2.24, 2.45) is 5.92 Å². The molecule has 5 nitrogen and oxygen atoms in total. The number of nitrogens with zero attached hydrogens (tertiary/aromatic N) is 2. The van der Waals surface area contributed by atoms with Gasteiger partial charge in [0.25, 0.3) is 5.91 Å². The van der Waals surface area contributed by atoms with Gasteiger partial charge in [0.05, 0.1) is 0 Å². The van der Waals surface area contributed by atoms with E-state index in [9.17, 15) is 4.79 Å². The van der Waals surface area contributed by atoms with Crippen LogP contribution in [0.15, 0.2) is 60.9 Å². The highest BCUT2D eigenvalue weighted by Crippen LogP contribution is 2.55. The average Bonchev–Trinajstić information content (AvgIpc) is 2.72. The van der Waals surface area contributed by atoms with Crippen molar-refractivity contribution in [1.82, 2.24) is 15.3 Å². The number of nitrogens with two attached hydrogens (primary N) is 1. The lowest BCUT2D eigenvalue weighted by molar-refractivity contribution is 0.0938. The van der Waals surface area contributed by atoms with Crippen LogP contribution in [0, 0.1) is 5.92 Å². The van der Waals surface area contributed by atoms with E-state index in [2.05, 4.69) is 63.8 Å². The maximum Gasteiger partial charge on any atom is 0.273 e. The summed E-state index contributed by atoms with van der Waals surface area (Å²) in [6, 6.07) is 17.4. The lowest BCUT2D eigenvalue weighted by Crippen LogP contribution is -2.39. The molecule has 0 fully saturated rings. The summed E-state index contributed by atoms with van der Waals surface area (Å²) in [5.74, 6) is 0.953. The van der Waals surface area contributed by atoms with Crippen LogP contribution in [0.3, 0.4) is 0 Å². The van der Waals surface area contributed by atoms with E-state index in [1.165, 1.54) is 34.6 Å². The van der Waals surface area contributed by atoms with E-state index in [1.54, 1.807) is 0 Å². The fraction of sp³-hybridized carbons (Fsp3) is 0.227. The van der Waals surface area contributed by atoms with Crippen LogP contribution in [0.1, 0.15) is 51.0 Å². The van der Waals surface area contributed by atoms with Gasteiger partial charge in [-0.2, -0.15) is 0 Å². The van der Waals surface area contributed by atoms with Crippen LogP contribution in [0.25, 0.3) is 0 Å². The number of nitrogens with one attached hydrogen (secondary N) is 1. The van der Waals surface area contributed by atoms with Crippen molar-refractivity contribution >= 4 is 11.7 Å². The maximum atomic E-state index is 12.5. The molecule has 0 saturated carbocycles. The minimum atomic E-state index is -0.261. The van der Waals surface area contributed by atoms with E-state index >= 15 is 0 Å². The Hall–Kier alpha value is -3.21. The molecule has 1 aromatic heterocycles. The van der Waals surface area contributed by atoms with E-state index < -0.39 is 0 Å². The molecule has 0 radical (unpaired) electrons. The summed E-state index contributed by atoms with van der Waals surface area (Å²) in [5, 5.41) is 3.03. The van der Waals surface area contributed by atoms with E-state index in [0.717, 1.165) is 6.42 Å². The third-order valence-electron chi connectivity index (χ3n) is 5.89. The number of rotatable bonds is 3. The summed E-state index contributed by atoms with van der Waals surface area (Å²) in [7, 11) is 0. The molecule has 27 heavy (non-hydrogen) atoms. The van der Waals surface area contributed by atoms with Gasteiger partial charge in [0.1, 0.15) is 0 Å². The molecule has 1 atom stereocenters. The van der Waals surface area contributed by atoms with Crippen LogP contribution < -0.4 is 11.1 Å². The highest BCUT2D eigenvalue weighted by Gasteiger charge is 2.42. The number of benzene rings is 2. The molecule has 1 amide bonds. The Morgan fingerprint density at radius 3 is 2.19 bits per heavy atom. The highest BCUT2D eigenvalue weighted by atomic mass is 16.1. The van der Waals surface area contributed by atoms with Gasteiger partial charge in [0, 0.05) is 30.8 Å². The monoisotopic (exact) mass is 356 g/mol. The standard InChI is InChI=1S/C22H20N4O/c23-21-20(24-9-10-25-21)22(27)26-12-13-11-18-14-5-1-3-7-16(14)19(13)17-8-4-2-6-15(17)18/h1-10,13,18-19H,11-12H2,(H2,23,25)(H,26,27). The average molecular weight is 356 g/mol. The summed E-state index contributed by atoms with van der Waals surface area (Å²) in [4.78, 5) is 20.5. The first-order valence-electron chi connectivity index (χ1n) is 9.26. The first-order valence-corrected chi connectivity index (χ1v) is 9.26. The molecule has 3 N–H and O–H groups in total. The Labute approximate surface area is 157 Å². The van der Waals surface area contributed by atoms with E-state index in [1.807, 2.05) is 0 Å². The maximum absolute atomic E-state index is 12.5. The predicted octanol–water partition coefficient (Wildman–Crippen LogP) is 3.09. The molecular formula is C22H20N4O. The molecule has 0 aliphatic heterocycles. The highest BCUT2D eigenvalue weighted by molar-refractivity contribution is 5.96. The molecule has 6 rings (SSSR count). The number of carbonyl (C=O) groups is 1. The summed E-state index contributed by atoms with van der Waals surface area (Å²) < 4.78 is 0. The lowest BCUT2D eigenvalue weighted by atomic mass is 9.59. The number of hydrogen-bond acceptors (Lipinski definition) is 4. The van der Waals surface area contributed by atoms with Crippen LogP contribution in [0.2, 0.25) is 0 Å². The second-order valence-corrected chi connectivity index (χ2v) is 7.28. The first kappa shape index (κ1) is 16.0. The zero-order valence-electron chi connectivity index (χ0n) is 14.8. The molecule has 3 aliphatic carbocycles. The van der Waals surface area contributed by atoms with Gasteiger partial charge >= 0.3 is 0 Å². The van der Waals surface area contributed by atoms with Crippen molar-refractivity contribution in [1.29, 1.82) is 0 Å². The summed E-state index contributed by atoms with van der Waals surface area (Å²) >= 11 is 0. The molecule has 3 aliphatic rings. The molecule has 134 valence electrons. The van der Waals surface area contributed by atoms with Crippen molar-refractivity contribution < 1.29 is 4.79 Å². The second kappa shape index (κ2) is 6.20. The minimum absolute atomic E-state index is 0.163. The van der Waals surface area contributed by atoms with Crippen LogP contribution in [-0.4, -0.2) is 22.4 Å². The smallest absolute Gasteiger partial charge is 0.273 e. The van der Waals surface area contributed by atoms with Crippen molar-refractivity contribution in [3.8, 4) is 0 Å². The molecule has 2 aromatic carbocycles. The third-order valence-corrected chi connectivity index (χ3v) is 5.89. The van der Waals surface area contributed by atoms with Crippen molar-refractivity contribution in [2.75, 3.05) is 12.3 Å². The van der Waals surface area contributed by atoms with Crippen LogP contribution >= 0.6 is 0 Å². The first-order chi connectivity index (χ1) is 13.2. The Balaban J connectivity index is 1.44. The molecule has 5 heteroatoms. The summed E-state index contributed by atoms with van der Waals surface area (Å²) in [5.41, 5.74) is 11.6. The van der Waals surface area contributed by atoms with Crippen molar-refractivity contribution in [2.45, 2.75) is 18.3 Å². The second-order valence-electron chi connectivity index (χ2n) is 7.28. The van der Waals surface area contributed by atoms with Crippen molar-refractivity contribution in [3.05, 3.63) is 88.9 Å². The van der Waals surface area contributed by atoms with Gasteiger partial charge in [0.2, 0.25) is 0 Å². The Kier molecular flexibility index (Phi) is 3.67. The van der Waals surface area contributed by atoms with Gasteiger partial charge in [-0.05, 0) is 34.6 Å². The van der Waals surface area contributed by atoms with E-state index in [4.69, 9.17) is 5.73 Å². The predicted molar refractivity (Wildman–Crippen MR) is 103 cm³/mol. The summed E-state index contributed by atoms with van der Waals surface area (Å²) in [6.07, 6.45) is 4.01. The quantitative estimate of drug-likeness (QED) is 0.756. The lowest BCUT2D eigenvalue weighted by Gasteiger charge is -2.45. The van der Waals surface area contributed by atoms with Crippen LogP contribution in [0.4, 0.5) is 5.82 Å². The zero-order chi connectivity index (χ0) is 18.4. The largest absolute Gasteiger partial charge is 0.382 e. The molecule has 1 heterocycles. The van der Waals surface area contributed by atoms with Gasteiger partial charge in [-0.15, -0.1) is 0 Å². The topological polar surface area (TPSA) is 80.9 Å². The van der Waals surface area contributed by atoms with Gasteiger partial charge in [-0.1, -0.05) is 48.5 Å².